The van der Waals surface area contributed by atoms with Crippen molar-refractivity contribution in [2.24, 2.45) is 0 Å². The molecule has 0 radical (unpaired) electrons. The molecule has 0 bridgehead atoms. The summed E-state index contributed by atoms with van der Waals surface area (Å²) < 4.78 is 1.82. The lowest BCUT2D eigenvalue weighted by Crippen LogP contribution is -2.12. The molecule has 1 amide bonds. The second-order valence-electron chi connectivity index (χ2n) is 5.91. The Bertz CT molecular complexity index is 932. The largest absolute Gasteiger partial charge is 0.396 e. The molecule has 0 unspecified atom stereocenters. The summed E-state index contributed by atoms with van der Waals surface area (Å²) in [6, 6.07) is 7.63. The number of anilines is 2. The van der Waals surface area contributed by atoms with E-state index in [1.54, 1.807) is 6.20 Å². The normalized spacial score (nSPS) is 14.3. The number of nitrogens with zero attached hydrogens (tertiary/aromatic N) is 3. The number of aromatic nitrogens is 3. The van der Waals surface area contributed by atoms with E-state index in [4.69, 9.17) is 22.3 Å². The summed E-state index contributed by atoms with van der Waals surface area (Å²) in [6.07, 6.45) is 3.68. The van der Waals surface area contributed by atoms with Crippen LogP contribution in [0.1, 0.15) is 24.1 Å². The molecule has 0 saturated heterocycles. The van der Waals surface area contributed by atoms with Crippen molar-refractivity contribution < 1.29 is 4.79 Å². The number of fused-ring (bicyclic) bond motifs is 2. The third-order valence-electron chi connectivity index (χ3n) is 4.23. The molecule has 7 heteroatoms. The number of pyridine rings is 1. The predicted molar refractivity (Wildman–Crippen MR) is 94.1 cm³/mol. The molecule has 3 aromatic rings. The van der Waals surface area contributed by atoms with E-state index in [9.17, 15) is 4.79 Å². The van der Waals surface area contributed by atoms with E-state index in [-0.39, 0.29) is 5.91 Å². The van der Waals surface area contributed by atoms with Crippen molar-refractivity contribution in [2.75, 3.05) is 11.1 Å². The molecule has 1 aliphatic rings. The zero-order valence-electron chi connectivity index (χ0n) is 12.9. The van der Waals surface area contributed by atoms with Gasteiger partial charge < -0.3 is 11.1 Å². The maximum Gasteiger partial charge on any atom is 0.224 e. The molecule has 3 N–H and O–H groups in total. The minimum atomic E-state index is -0.0184. The van der Waals surface area contributed by atoms with Gasteiger partial charge in [-0.15, -0.1) is 0 Å². The Balaban J connectivity index is 1.79. The monoisotopic (exact) mass is 341 g/mol. The summed E-state index contributed by atoms with van der Waals surface area (Å²) in [5.41, 5.74) is 10.1. The molecule has 122 valence electrons. The molecule has 24 heavy (non-hydrogen) atoms. The number of rotatable bonds is 2. The van der Waals surface area contributed by atoms with Crippen LogP contribution in [0.2, 0.25) is 5.02 Å². The standard InChI is InChI=1S/C17H16ClN5O/c18-11-6-4-10(5-7-11)9-23-17-12(8-20-23)15(19)16-13(21-17)2-1-3-14(24)22-16/h4-8H,1-3,9H2,(H2,19,21)(H,22,24). The highest BCUT2D eigenvalue weighted by Gasteiger charge is 2.20. The van der Waals surface area contributed by atoms with Crippen LogP contribution in [-0.2, 0) is 17.8 Å². The summed E-state index contributed by atoms with van der Waals surface area (Å²) in [7, 11) is 0. The van der Waals surface area contributed by atoms with Crippen LogP contribution in [0.15, 0.2) is 30.5 Å². The number of halogens is 1. The zero-order valence-corrected chi connectivity index (χ0v) is 13.7. The van der Waals surface area contributed by atoms with Crippen LogP contribution < -0.4 is 11.1 Å². The zero-order chi connectivity index (χ0) is 16.7. The first kappa shape index (κ1) is 15.0. The molecule has 0 saturated carbocycles. The highest BCUT2D eigenvalue weighted by atomic mass is 35.5. The van der Waals surface area contributed by atoms with Crippen LogP contribution in [0.25, 0.3) is 11.0 Å². The number of nitrogen functional groups attached to an aromatic ring is 1. The molecule has 0 spiro atoms. The second kappa shape index (κ2) is 5.79. The van der Waals surface area contributed by atoms with Crippen LogP contribution in [0.3, 0.4) is 0 Å². The van der Waals surface area contributed by atoms with Crippen LogP contribution in [0, 0.1) is 0 Å². The van der Waals surface area contributed by atoms with Crippen LogP contribution in [0.5, 0.6) is 0 Å². The lowest BCUT2D eigenvalue weighted by Gasteiger charge is -2.11. The minimum Gasteiger partial charge on any atom is -0.396 e. The molecule has 1 aliphatic heterocycles. The number of carbonyl (C=O) groups is 1. The van der Waals surface area contributed by atoms with E-state index < -0.39 is 0 Å². The Hall–Kier alpha value is -2.60. The van der Waals surface area contributed by atoms with Crippen molar-refractivity contribution in [1.82, 2.24) is 14.8 Å². The number of carbonyl (C=O) groups excluding carboxylic acids is 1. The van der Waals surface area contributed by atoms with Gasteiger partial charge in [-0.2, -0.15) is 5.10 Å². The minimum absolute atomic E-state index is 0.0184. The molecule has 0 aliphatic carbocycles. The Kier molecular flexibility index (Phi) is 3.61. The summed E-state index contributed by atoms with van der Waals surface area (Å²) >= 11 is 5.93. The second-order valence-corrected chi connectivity index (χ2v) is 6.35. The Morgan fingerprint density at radius 2 is 2.04 bits per heavy atom. The van der Waals surface area contributed by atoms with Gasteiger partial charge in [-0.3, -0.25) is 4.79 Å². The highest BCUT2D eigenvalue weighted by Crippen LogP contribution is 2.33. The van der Waals surface area contributed by atoms with Gasteiger partial charge >= 0.3 is 0 Å². The Labute approximate surface area is 143 Å². The van der Waals surface area contributed by atoms with E-state index in [1.165, 1.54) is 0 Å². The van der Waals surface area contributed by atoms with E-state index in [2.05, 4.69) is 10.4 Å². The summed E-state index contributed by atoms with van der Waals surface area (Å²) in [5.74, 6) is -0.0184. The van der Waals surface area contributed by atoms with Crippen molar-refractivity contribution in [3.05, 3.63) is 46.7 Å². The Morgan fingerprint density at radius 3 is 2.83 bits per heavy atom. The quantitative estimate of drug-likeness (QED) is 0.750. The topological polar surface area (TPSA) is 85.8 Å². The third kappa shape index (κ3) is 2.59. The van der Waals surface area contributed by atoms with E-state index in [0.29, 0.717) is 29.4 Å². The van der Waals surface area contributed by atoms with Gasteiger partial charge in [-0.05, 0) is 30.5 Å². The summed E-state index contributed by atoms with van der Waals surface area (Å²) in [6.45, 7) is 0.582. The number of benzene rings is 1. The fraction of sp³-hybridized carbons (Fsp3) is 0.235. The van der Waals surface area contributed by atoms with E-state index in [0.717, 1.165) is 35.1 Å². The third-order valence-corrected chi connectivity index (χ3v) is 4.48. The molecule has 1 aromatic carbocycles. The number of hydrogen-bond acceptors (Lipinski definition) is 4. The predicted octanol–water partition coefficient (Wildman–Crippen LogP) is 2.99. The van der Waals surface area contributed by atoms with Gasteiger partial charge in [0.15, 0.2) is 5.65 Å². The average Bonchev–Trinajstić information content (AvgIpc) is 2.85. The van der Waals surface area contributed by atoms with Gasteiger partial charge in [0, 0.05) is 11.4 Å². The maximum atomic E-state index is 11.8. The molecule has 0 fully saturated rings. The first-order chi connectivity index (χ1) is 11.6. The smallest absolute Gasteiger partial charge is 0.224 e. The molecule has 6 nitrogen and oxygen atoms in total. The van der Waals surface area contributed by atoms with Gasteiger partial charge in [0.2, 0.25) is 5.91 Å². The van der Waals surface area contributed by atoms with Gasteiger partial charge in [-0.1, -0.05) is 23.7 Å². The maximum absolute atomic E-state index is 11.8. The van der Waals surface area contributed by atoms with Crippen LogP contribution in [0.4, 0.5) is 11.4 Å². The van der Waals surface area contributed by atoms with Crippen molar-refractivity contribution in [3.63, 3.8) is 0 Å². The first-order valence-corrected chi connectivity index (χ1v) is 8.18. The lowest BCUT2D eigenvalue weighted by atomic mass is 10.1. The van der Waals surface area contributed by atoms with Crippen LogP contribution in [-0.4, -0.2) is 20.7 Å². The van der Waals surface area contributed by atoms with E-state index >= 15 is 0 Å². The summed E-state index contributed by atoms with van der Waals surface area (Å²) in [5, 5.41) is 8.74. The molecule has 0 atom stereocenters. The van der Waals surface area contributed by atoms with Gasteiger partial charge in [0.25, 0.3) is 0 Å². The number of aryl methyl sites for hydroxylation is 1. The molecule has 3 heterocycles. The summed E-state index contributed by atoms with van der Waals surface area (Å²) in [4.78, 5) is 16.5. The number of hydrogen-bond donors (Lipinski definition) is 2. The SMILES string of the molecule is Nc1c2c(nc3c1cnn3Cc1ccc(Cl)cc1)CCCC(=O)N2. The van der Waals surface area contributed by atoms with Gasteiger partial charge in [0.1, 0.15) is 0 Å². The van der Waals surface area contributed by atoms with Gasteiger partial charge in [-0.25, -0.2) is 9.67 Å². The van der Waals surface area contributed by atoms with Crippen molar-refractivity contribution in [3.8, 4) is 0 Å². The fourth-order valence-corrected chi connectivity index (χ4v) is 3.10. The average molecular weight is 342 g/mol. The first-order valence-electron chi connectivity index (χ1n) is 7.80. The Morgan fingerprint density at radius 1 is 1.25 bits per heavy atom. The molecule has 4 rings (SSSR count). The fourth-order valence-electron chi connectivity index (χ4n) is 2.98. The number of nitrogens with two attached hydrogens (primary N) is 1. The van der Waals surface area contributed by atoms with Crippen LogP contribution >= 0.6 is 11.6 Å². The number of amides is 1. The van der Waals surface area contributed by atoms with E-state index in [1.807, 2.05) is 28.9 Å². The highest BCUT2D eigenvalue weighted by molar-refractivity contribution is 6.30. The molecular formula is C17H16ClN5O. The van der Waals surface area contributed by atoms with Crippen molar-refractivity contribution in [1.29, 1.82) is 0 Å². The van der Waals surface area contributed by atoms with Crippen molar-refractivity contribution in [2.45, 2.75) is 25.8 Å². The number of nitrogens with one attached hydrogen (secondary N) is 1. The van der Waals surface area contributed by atoms with Crippen molar-refractivity contribution >= 4 is 39.9 Å². The molecular weight excluding hydrogens is 326 g/mol. The lowest BCUT2D eigenvalue weighted by molar-refractivity contribution is -0.116. The van der Waals surface area contributed by atoms with Gasteiger partial charge in [0.05, 0.1) is 35.2 Å². The molecule has 2 aromatic heterocycles.